The fourth-order valence-electron chi connectivity index (χ4n) is 2.64. The molecule has 0 atom stereocenters. The molecule has 1 aliphatic carbocycles. The van der Waals surface area contributed by atoms with Crippen molar-refractivity contribution in [3.05, 3.63) is 24.0 Å². The second kappa shape index (κ2) is 6.04. The van der Waals surface area contributed by atoms with E-state index in [1.165, 1.54) is 25.7 Å². The zero-order valence-electron chi connectivity index (χ0n) is 11.8. The Morgan fingerprint density at radius 1 is 1.42 bits per heavy atom. The number of nitrogens with zero attached hydrogens (tertiary/aromatic N) is 1. The molecule has 0 radical (unpaired) electrons. The summed E-state index contributed by atoms with van der Waals surface area (Å²) >= 11 is 0. The quantitative estimate of drug-likeness (QED) is 0.857. The summed E-state index contributed by atoms with van der Waals surface area (Å²) in [4.78, 5) is 15.8. The minimum absolute atomic E-state index is 0.113. The smallest absolute Gasteiger partial charge is 0.269 e. The number of pyridine rings is 1. The van der Waals surface area contributed by atoms with Crippen LogP contribution in [-0.2, 0) is 0 Å². The zero-order chi connectivity index (χ0) is 13.7. The van der Waals surface area contributed by atoms with Crippen molar-refractivity contribution in [1.82, 2.24) is 10.3 Å². The highest BCUT2D eigenvalue weighted by Gasteiger charge is 2.28. The Balaban J connectivity index is 1.97. The van der Waals surface area contributed by atoms with Crippen LogP contribution in [-0.4, -0.2) is 24.0 Å². The first kappa shape index (κ1) is 13.8. The molecular formula is C15H23N3O. The number of carbonyl (C=O) groups excluding carboxylic acids is 1. The molecule has 1 aromatic rings. The van der Waals surface area contributed by atoms with E-state index in [1.807, 2.05) is 19.1 Å². The van der Waals surface area contributed by atoms with Gasteiger partial charge < -0.3 is 10.6 Å². The van der Waals surface area contributed by atoms with Crippen LogP contribution < -0.4 is 10.6 Å². The minimum Gasteiger partial charge on any atom is -0.384 e. The van der Waals surface area contributed by atoms with Gasteiger partial charge in [-0.05, 0) is 37.3 Å². The second-order valence-electron chi connectivity index (χ2n) is 5.66. The summed E-state index contributed by atoms with van der Waals surface area (Å²) in [6.45, 7) is 5.82. The van der Waals surface area contributed by atoms with Gasteiger partial charge >= 0.3 is 0 Å². The SMILES string of the molecule is CCNC(=O)c1cc(NCC2(C)CCCC2)ccn1. The summed E-state index contributed by atoms with van der Waals surface area (Å²) in [6.07, 6.45) is 6.92. The first-order valence-electron chi connectivity index (χ1n) is 7.11. The van der Waals surface area contributed by atoms with Gasteiger partial charge in [0.15, 0.2) is 0 Å². The van der Waals surface area contributed by atoms with Crippen LogP contribution in [0.1, 0.15) is 50.0 Å². The molecule has 1 amide bonds. The maximum atomic E-state index is 11.7. The number of nitrogens with one attached hydrogen (secondary N) is 2. The Morgan fingerprint density at radius 3 is 2.84 bits per heavy atom. The van der Waals surface area contributed by atoms with Crippen molar-refractivity contribution in [3.8, 4) is 0 Å². The second-order valence-corrected chi connectivity index (χ2v) is 5.66. The van der Waals surface area contributed by atoms with E-state index in [9.17, 15) is 4.79 Å². The summed E-state index contributed by atoms with van der Waals surface area (Å²) in [6, 6.07) is 3.74. The molecule has 19 heavy (non-hydrogen) atoms. The van der Waals surface area contributed by atoms with Gasteiger partial charge in [-0.25, -0.2) is 0 Å². The van der Waals surface area contributed by atoms with E-state index in [1.54, 1.807) is 6.20 Å². The Labute approximate surface area is 115 Å². The molecule has 4 nitrogen and oxygen atoms in total. The Morgan fingerprint density at radius 2 is 2.16 bits per heavy atom. The lowest BCUT2D eigenvalue weighted by Gasteiger charge is -2.24. The summed E-state index contributed by atoms with van der Waals surface area (Å²) in [5.41, 5.74) is 1.85. The number of rotatable bonds is 5. The summed E-state index contributed by atoms with van der Waals surface area (Å²) in [7, 11) is 0. The summed E-state index contributed by atoms with van der Waals surface area (Å²) < 4.78 is 0. The van der Waals surface area contributed by atoms with E-state index in [2.05, 4.69) is 22.5 Å². The number of amides is 1. The fraction of sp³-hybridized carbons (Fsp3) is 0.600. The van der Waals surface area contributed by atoms with Crippen LogP contribution in [0.2, 0.25) is 0 Å². The van der Waals surface area contributed by atoms with Crippen molar-refractivity contribution in [2.45, 2.75) is 39.5 Å². The van der Waals surface area contributed by atoms with E-state index in [0.717, 1.165) is 12.2 Å². The number of carbonyl (C=O) groups is 1. The van der Waals surface area contributed by atoms with E-state index in [0.29, 0.717) is 17.7 Å². The minimum atomic E-state index is -0.113. The average Bonchev–Trinajstić information content (AvgIpc) is 2.85. The number of anilines is 1. The van der Waals surface area contributed by atoms with Crippen LogP contribution in [0.15, 0.2) is 18.3 Å². The van der Waals surface area contributed by atoms with Crippen molar-refractivity contribution in [2.75, 3.05) is 18.4 Å². The molecular weight excluding hydrogens is 238 g/mol. The normalized spacial score (nSPS) is 17.2. The van der Waals surface area contributed by atoms with E-state index in [4.69, 9.17) is 0 Å². The molecule has 1 aromatic heterocycles. The highest BCUT2D eigenvalue weighted by molar-refractivity contribution is 5.93. The number of aromatic nitrogens is 1. The third-order valence-electron chi connectivity index (χ3n) is 3.86. The van der Waals surface area contributed by atoms with E-state index >= 15 is 0 Å². The lowest BCUT2D eigenvalue weighted by Crippen LogP contribution is -2.25. The van der Waals surface area contributed by atoms with Gasteiger partial charge in [0.05, 0.1) is 0 Å². The largest absolute Gasteiger partial charge is 0.384 e. The molecule has 0 saturated heterocycles. The first-order valence-corrected chi connectivity index (χ1v) is 7.11. The molecule has 4 heteroatoms. The van der Waals surface area contributed by atoms with Crippen molar-refractivity contribution in [1.29, 1.82) is 0 Å². The maximum Gasteiger partial charge on any atom is 0.269 e. The maximum absolute atomic E-state index is 11.7. The Hall–Kier alpha value is -1.58. The molecule has 0 spiro atoms. The van der Waals surface area contributed by atoms with Crippen molar-refractivity contribution in [3.63, 3.8) is 0 Å². The van der Waals surface area contributed by atoms with Gasteiger partial charge in [-0.15, -0.1) is 0 Å². The van der Waals surface area contributed by atoms with Crippen LogP contribution in [0, 0.1) is 5.41 Å². The monoisotopic (exact) mass is 261 g/mol. The molecule has 104 valence electrons. The van der Waals surface area contributed by atoms with Gasteiger partial charge in [0, 0.05) is 25.0 Å². The molecule has 0 bridgehead atoms. The first-order chi connectivity index (χ1) is 9.13. The van der Waals surface area contributed by atoms with Crippen LogP contribution in [0.3, 0.4) is 0 Å². The van der Waals surface area contributed by atoms with Gasteiger partial charge in [0.1, 0.15) is 5.69 Å². The van der Waals surface area contributed by atoms with Gasteiger partial charge in [0.2, 0.25) is 0 Å². The lowest BCUT2D eigenvalue weighted by atomic mass is 9.89. The Kier molecular flexibility index (Phi) is 4.40. The summed E-state index contributed by atoms with van der Waals surface area (Å²) in [5.74, 6) is -0.113. The molecule has 2 rings (SSSR count). The van der Waals surface area contributed by atoms with Crippen LogP contribution in [0.4, 0.5) is 5.69 Å². The molecule has 1 heterocycles. The summed E-state index contributed by atoms with van der Waals surface area (Å²) in [5, 5.41) is 6.21. The highest BCUT2D eigenvalue weighted by Crippen LogP contribution is 2.37. The fourth-order valence-corrected chi connectivity index (χ4v) is 2.64. The molecule has 1 saturated carbocycles. The van der Waals surface area contributed by atoms with Gasteiger partial charge in [0.25, 0.3) is 5.91 Å². The van der Waals surface area contributed by atoms with Gasteiger partial charge in [-0.1, -0.05) is 19.8 Å². The van der Waals surface area contributed by atoms with Crippen LogP contribution in [0.5, 0.6) is 0 Å². The predicted molar refractivity (Wildman–Crippen MR) is 77.3 cm³/mol. The number of hydrogen-bond donors (Lipinski definition) is 2. The zero-order valence-corrected chi connectivity index (χ0v) is 11.8. The van der Waals surface area contributed by atoms with Gasteiger partial charge in [-0.2, -0.15) is 0 Å². The van der Waals surface area contributed by atoms with Crippen LogP contribution in [0.25, 0.3) is 0 Å². The molecule has 2 N–H and O–H groups in total. The van der Waals surface area contributed by atoms with E-state index in [-0.39, 0.29) is 5.91 Å². The van der Waals surface area contributed by atoms with Gasteiger partial charge in [-0.3, -0.25) is 9.78 Å². The molecule has 1 aliphatic rings. The van der Waals surface area contributed by atoms with Crippen LogP contribution >= 0.6 is 0 Å². The third kappa shape index (κ3) is 3.69. The molecule has 0 aliphatic heterocycles. The van der Waals surface area contributed by atoms with Crippen molar-refractivity contribution < 1.29 is 4.79 Å². The number of hydrogen-bond acceptors (Lipinski definition) is 3. The highest BCUT2D eigenvalue weighted by atomic mass is 16.1. The predicted octanol–water partition coefficient (Wildman–Crippen LogP) is 2.82. The van der Waals surface area contributed by atoms with Crippen molar-refractivity contribution in [2.24, 2.45) is 5.41 Å². The molecule has 0 unspecified atom stereocenters. The van der Waals surface area contributed by atoms with Crippen molar-refractivity contribution >= 4 is 11.6 Å². The topological polar surface area (TPSA) is 54.0 Å². The standard InChI is InChI=1S/C15H23N3O/c1-3-16-14(19)13-10-12(6-9-17-13)18-11-15(2)7-4-5-8-15/h6,9-10H,3-5,7-8,11H2,1-2H3,(H,16,19)(H,17,18). The van der Waals surface area contributed by atoms with E-state index < -0.39 is 0 Å². The molecule has 1 fully saturated rings. The Bertz CT molecular complexity index is 439. The average molecular weight is 261 g/mol. The molecule has 0 aromatic carbocycles. The third-order valence-corrected chi connectivity index (χ3v) is 3.86. The lowest BCUT2D eigenvalue weighted by molar-refractivity contribution is 0.0951.